The van der Waals surface area contributed by atoms with Crippen LogP contribution in [0.25, 0.3) is 0 Å². The van der Waals surface area contributed by atoms with Gasteiger partial charge in [0.1, 0.15) is 0 Å². The van der Waals surface area contributed by atoms with Crippen molar-refractivity contribution in [2.45, 2.75) is 39.4 Å². The Bertz CT molecular complexity index is 301. The molecule has 0 spiro atoms. The van der Waals surface area contributed by atoms with Crippen LogP contribution in [-0.2, 0) is 4.74 Å². The van der Waals surface area contributed by atoms with Gasteiger partial charge in [0.05, 0.1) is 11.7 Å². The minimum Gasteiger partial charge on any atom is -0.368 e. The van der Waals surface area contributed by atoms with Gasteiger partial charge in [0.2, 0.25) is 0 Å². The molecule has 0 heterocycles. The number of rotatable bonds is 2. The van der Waals surface area contributed by atoms with Crippen molar-refractivity contribution in [3.8, 4) is 0 Å². The maximum absolute atomic E-state index is 5.90. The second kappa shape index (κ2) is 4.33. The normalized spacial score (nSPS) is 14.1. The zero-order valence-corrected chi connectivity index (χ0v) is 9.93. The Morgan fingerprint density at radius 1 is 1.29 bits per heavy atom. The number of hydrogen-bond acceptors (Lipinski definition) is 1. The number of ether oxygens (including phenoxy) is 1. The molecule has 0 aliphatic heterocycles. The van der Waals surface area contributed by atoms with Crippen LogP contribution in [0.15, 0.2) is 24.3 Å². The second-order valence-electron chi connectivity index (χ2n) is 4.43. The lowest BCUT2D eigenvalue weighted by Crippen LogP contribution is -2.21. The average Bonchev–Trinajstić information content (AvgIpc) is 2.01. The SMILES string of the molecule is CC(OC(C)(C)C)c1cccc(Cl)c1. The molecule has 14 heavy (non-hydrogen) atoms. The van der Waals surface area contributed by atoms with Crippen LogP contribution in [0.5, 0.6) is 0 Å². The minimum atomic E-state index is -0.123. The van der Waals surface area contributed by atoms with Crippen molar-refractivity contribution in [2.24, 2.45) is 0 Å². The van der Waals surface area contributed by atoms with Crippen molar-refractivity contribution >= 4 is 11.6 Å². The molecule has 0 amide bonds. The summed E-state index contributed by atoms with van der Waals surface area (Å²) in [6.45, 7) is 8.19. The van der Waals surface area contributed by atoms with Crippen LogP contribution in [-0.4, -0.2) is 5.60 Å². The molecular weight excluding hydrogens is 196 g/mol. The Morgan fingerprint density at radius 2 is 1.93 bits per heavy atom. The minimum absolute atomic E-state index is 0.0775. The largest absolute Gasteiger partial charge is 0.368 e. The molecule has 78 valence electrons. The van der Waals surface area contributed by atoms with Gasteiger partial charge < -0.3 is 4.74 Å². The molecule has 0 aliphatic rings. The molecule has 1 rings (SSSR count). The first-order valence-electron chi connectivity index (χ1n) is 4.82. The van der Waals surface area contributed by atoms with Gasteiger partial charge >= 0.3 is 0 Å². The molecule has 1 unspecified atom stereocenters. The van der Waals surface area contributed by atoms with Gasteiger partial charge in [-0.05, 0) is 45.4 Å². The number of benzene rings is 1. The monoisotopic (exact) mass is 212 g/mol. The van der Waals surface area contributed by atoms with Gasteiger partial charge in [-0.15, -0.1) is 0 Å². The molecule has 2 heteroatoms. The highest BCUT2D eigenvalue weighted by Gasteiger charge is 2.16. The summed E-state index contributed by atoms with van der Waals surface area (Å²) in [7, 11) is 0. The Kier molecular flexibility index (Phi) is 3.57. The Labute approximate surface area is 91.0 Å². The number of hydrogen-bond donors (Lipinski definition) is 0. The first-order chi connectivity index (χ1) is 6.38. The molecule has 1 aromatic rings. The van der Waals surface area contributed by atoms with Crippen LogP contribution in [0.2, 0.25) is 5.02 Å². The van der Waals surface area contributed by atoms with Crippen molar-refractivity contribution < 1.29 is 4.74 Å². The summed E-state index contributed by atoms with van der Waals surface area (Å²) >= 11 is 5.90. The van der Waals surface area contributed by atoms with Gasteiger partial charge in [-0.2, -0.15) is 0 Å². The summed E-state index contributed by atoms with van der Waals surface area (Å²) in [5, 5.41) is 0.756. The fourth-order valence-electron chi connectivity index (χ4n) is 1.36. The van der Waals surface area contributed by atoms with E-state index < -0.39 is 0 Å². The third-order valence-corrected chi connectivity index (χ3v) is 2.08. The molecule has 0 radical (unpaired) electrons. The molecular formula is C12H17ClO. The Balaban J connectivity index is 2.74. The predicted molar refractivity (Wildman–Crippen MR) is 60.7 cm³/mol. The van der Waals surface area contributed by atoms with Crippen molar-refractivity contribution in [2.75, 3.05) is 0 Å². The Morgan fingerprint density at radius 3 is 2.43 bits per heavy atom. The molecule has 1 aromatic carbocycles. The van der Waals surface area contributed by atoms with Crippen molar-refractivity contribution in [3.05, 3.63) is 34.9 Å². The molecule has 0 N–H and O–H groups in total. The fraction of sp³-hybridized carbons (Fsp3) is 0.500. The predicted octanol–water partition coefficient (Wildman–Crippen LogP) is 4.22. The van der Waals surface area contributed by atoms with E-state index in [1.165, 1.54) is 0 Å². The van der Waals surface area contributed by atoms with Crippen LogP contribution in [0, 0.1) is 0 Å². The standard InChI is InChI=1S/C12H17ClO/c1-9(14-12(2,3)4)10-6-5-7-11(13)8-10/h5-9H,1-4H3. The van der Waals surface area contributed by atoms with Gasteiger partial charge in [0.15, 0.2) is 0 Å². The van der Waals surface area contributed by atoms with Crippen molar-refractivity contribution in [1.29, 1.82) is 0 Å². The van der Waals surface area contributed by atoms with E-state index in [1.807, 2.05) is 52.0 Å². The molecule has 0 saturated heterocycles. The van der Waals surface area contributed by atoms with Crippen molar-refractivity contribution in [1.82, 2.24) is 0 Å². The summed E-state index contributed by atoms with van der Waals surface area (Å²) in [5.41, 5.74) is 0.995. The molecule has 0 aliphatic carbocycles. The van der Waals surface area contributed by atoms with Crippen LogP contribution in [0.3, 0.4) is 0 Å². The lowest BCUT2D eigenvalue weighted by atomic mass is 10.1. The molecule has 0 bridgehead atoms. The van der Waals surface area contributed by atoms with Crippen LogP contribution >= 0.6 is 11.6 Å². The molecule has 1 nitrogen and oxygen atoms in total. The first kappa shape index (κ1) is 11.5. The zero-order chi connectivity index (χ0) is 10.8. The van der Waals surface area contributed by atoms with E-state index in [0.29, 0.717) is 0 Å². The van der Waals surface area contributed by atoms with E-state index >= 15 is 0 Å². The molecule has 0 fully saturated rings. The van der Waals surface area contributed by atoms with E-state index in [0.717, 1.165) is 10.6 Å². The lowest BCUT2D eigenvalue weighted by molar-refractivity contribution is -0.0529. The van der Waals surface area contributed by atoms with Gasteiger partial charge in [0, 0.05) is 5.02 Å². The maximum Gasteiger partial charge on any atom is 0.0804 e. The van der Waals surface area contributed by atoms with Crippen LogP contribution in [0.4, 0.5) is 0 Å². The third kappa shape index (κ3) is 3.69. The highest BCUT2D eigenvalue weighted by molar-refractivity contribution is 6.30. The Hall–Kier alpha value is -0.530. The van der Waals surface area contributed by atoms with E-state index in [9.17, 15) is 0 Å². The average molecular weight is 213 g/mol. The first-order valence-corrected chi connectivity index (χ1v) is 5.19. The van der Waals surface area contributed by atoms with E-state index in [4.69, 9.17) is 16.3 Å². The molecule has 0 saturated carbocycles. The summed E-state index contributed by atoms with van der Waals surface area (Å²) < 4.78 is 5.82. The molecule has 0 aromatic heterocycles. The van der Waals surface area contributed by atoms with E-state index in [2.05, 4.69) is 0 Å². The summed E-state index contributed by atoms with van der Waals surface area (Å²) in [6.07, 6.45) is 0.0775. The fourth-order valence-corrected chi connectivity index (χ4v) is 1.56. The molecule has 1 atom stereocenters. The smallest absolute Gasteiger partial charge is 0.0804 e. The highest BCUT2D eigenvalue weighted by Crippen LogP contribution is 2.24. The summed E-state index contributed by atoms with van der Waals surface area (Å²) in [4.78, 5) is 0. The van der Waals surface area contributed by atoms with Crippen LogP contribution < -0.4 is 0 Å². The summed E-state index contributed by atoms with van der Waals surface area (Å²) in [6, 6.07) is 7.79. The topological polar surface area (TPSA) is 9.23 Å². The third-order valence-electron chi connectivity index (χ3n) is 1.85. The van der Waals surface area contributed by atoms with Gasteiger partial charge in [-0.25, -0.2) is 0 Å². The zero-order valence-electron chi connectivity index (χ0n) is 9.17. The second-order valence-corrected chi connectivity index (χ2v) is 4.86. The highest BCUT2D eigenvalue weighted by atomic mass is 35.5. The maximum atomic E-state index is 5.90. The summed E-state index contributed by atoms with van der Waals surface area (Å²) in [5.74, 6) is 0. The van der Waals surface area contributed by atoms with Gasteiger partial charge in [-0.1, -0.05) is 23.7 Å². The van der Waals surface area contributed by atoms with E-state index in [1.54, 1.807) is 0 Å². The van der Waals surface area contributed by atoms with Crippen LogP contribution in [0.1, 0.15) is 39.4 Å². The van der Waals surface area contributed by atoms with Crippen molar-refractivity contribution in [3.63, 3.8) is 0 Å². The lowest BCUT2D eigenvalue weighted by Gasteiger charge is -2.25. The van der Waals surface area contributed by atoms with E-state index in [-0.39, 0.29) is 11.7 Å². The number of halogens is 1. The van der Waals surface area contributed by atoms with Gasteiger partial charge in [-0.3, -0.25) is 0 Å². The quantitative estimate of drug-likeness (QED) is 0.714. The van der Waals surface area contributed by atoms with Gasteiger partial charge in [0.25, 0.3) is 0 Å².